The minimum absolute atomic E-state index is 0.0461. The van der Waals surface area contributed by atoms with Crippen molar-refractivity contribution < 1.29 is 17.7 Å². The first kappa shape index (κ1) is 15.0. The Balaban J connectivity index is 2.20. The summed E-state index contributed by atoms with van der Waals surface area (Å²) in [6.45, 7) is 1.86. The number of rotatable bonds is 4. The lowest BCUT2D eigenvalue weighted by Gasteiger charge is -2.06. The summed E-state index contributed by atoms with van der Waals surface area (Å²) in [6.07, 6.45) is -3.65. The van der Waals surface area contributed by atoms with Gasteiger partial charge in [-0.1, -0.05) is 24.2 Å². The molecule has 0 spiro atoms. The van der Waals surface area contributed by atoms with Crippen LogP contribution in [0.3, 0.4) is 0 Å². The lowest BCUT2D eigenvalue weighted by atomic mass is 10.1. The third kappa shape index (κ3) is 3.81. The average molecular weight is 295 g/mol. The van der Waals surface area contributed by atoms with Crippen LogP contribution in [0.5, 0.6) is 0 Å². The molecule has 0 saturated heterocycles. The highest BCUT2D eigenvalue weighted by Gasteiger charge is 2.30. The average Bonchev–Trinajstić information content (AvgIpc) is 2.86. The Labute approximate surface area is 119 Å². The van der Waals surface area contributed by atoms with Crippen LogP contribution in [0.1, 0.15) is 24.8 Å². The molecular weight excluding hydrogens is 283 g/mol. The molecule has 1 aromatic carbocycles. The smallest absolute Gasteiger partial charge is 0.339 e. The summed E-state index contributed by atoms with van der Waals surface area (Å²) in [5.41, 5.74) is -0.517. The van der Waals surface area contributed by atoms with E-state index in [4.69, 9.17) is 9.78 Å². The van der Waals surface area contributed by atoms with E-state index in [9.17, 15) is 13.2 Å². The molecule has 0 N–H and O–H groups in total. The van der Waals surface area contributed by atoms with Gasteiger partial charge < -0.3 is 4.52 Å². The molecule has 1 atom stereocenters. The van der Waals surface area contributed by atoms with Crippen LogP contribution in [-0.2, 0) is 12.6 Å². The molecule has 0 saturated carbocycles. The van der Waals surface area contributed by atoms with Crippen LogP contribution in [0, 0.1) is 17.2 Å². The number of benzene rings is 1. The molecule has 1 unspecified atom stereocenters. The van der Waals surface area contributed by atoms with Crippen molar-refractivity contribution in [3.05, 3.63) is 35.7 Å². The molecule has 0 aliphatic rings. The van der Waals surface area contributed by atoms with Gasteiger partial charge >= 0.3 is 6.18 Å². The molecule has 7 heteroatoms. The number of alkyl halides is 3. The number of nitriles is 1. The third-order valence-electron chi connectivity index (χ3n) is 2.88. The Hall–Kier alpha value is -2.36. The molecule has 110 valence electrons. The third-order valence-corrected chi connectivity index (χ3v) is 2.88. The predicted molar refractivity (Wildman–Crippen MR) is 67.8 cm³/mol. The monoisotopic (exact) mass is 295 g/mol. The number of hydrogen-bond donors (Lipinski definition) is 0. The Morgan fingerprint density at radius 1 is 1.38 bits per heavy atom. The van der Waals surface area contributed by atoms with Gasteiger partial charge in [-0.2, -0.15) is 23.4 Å². The molecule has 0 bridgehead atoms. The molecule has 0 aliphatic carbocycles. The summed E-state index contributed by atoms with van der Waals surface area (Å²) in [4.78, 5) is 4.07. The van der Waals surface area contributed by atoms with Crippen molar-refractivity contribution in [3.8, 4) is 17.5 Å². The molecule has 0 aliphatic heterocycles. The van der Waals surface area contributed by atoms with E-state index >= 15 is 0 Å². The van der Waals surface area contributed by atoms with Crippen molar-refractivity contribution in [2.75, 3.05) is 0 Å². The molecule has 4 nitrogen and oxygen atoms in total. The zero-order valence-electron chi connectivity index (χ0n) is 11.2. The van der Waals surface area contributed by atoms with E-state index in [-0.39, 0.29) is 17.3 Å². The van der Waals surface area contributed by atoms with Crippen LogP contribution in [0.4, 0.5) is 13.2 Å². The first-order valence-electron chi connectivity index (χ1n) is 6.27. The second kappa shape index (κ2) is 5.95. The van der Waals surface area contributed by atoms with Gasteiger partial charge in [-0.25, -0.2) is 0 Å². The van der Waals surface area contributed by atoms with E-state index in [1.54, 1.807) is 0 Å². The topological polar surface area (TPSA) is 62.7 Å². The summed E-state index contributed by atoms with van der Waals surface area (Å²) in [7, 11) is 0. The zero-order valence-corrected chi connectivity index (χ0v) is 11.2. The van der Waals surface area contributed by atoms with Crippen LogP contribution >= 0.6 is 0 Å². The zero-order chi connectivity index (χ0) is 15.5. The first-order chi connectivity index (χ1) is 9.90. The second-order valence-electron chi connectivity index (χ2n) is 4.76. The predicted octanol–water partition coefficient (Wildman–Crippen LogP) is 3.85. The molecule has 21 heavy (non-hydrogen) atoms. The van der Waals surface area contributed by atoms with Crippen molar-refractivity contribution in [3.63, 3.8) is 0 Å². The van der Waals surface area contributed by atoms with Gasteiger partial charge in [0, 0.05) is 18.4 Å². The molecule has 2 rings (SSSR count). The Kier molecular flexibility index (Phi) is 4.26. The number of hydrogen-bond acceptors (Lipinski definition) is 4. The minimum atomic E-state index is -4.41. The van der Waals surface area contributed by atoms with Gasteiger partial charge in [-0.3, -0.25) is 0 Å². The van der Waals surface area contributed by atoms with E-state index in [0.717, 1.165) is 12.1 Å². The maximum absolute atomic E-state index is 12.7. The maximum Gasteiger partial charge on any atom is 0.416 e. The highest BCUT2D eigenvalue weighted by molar-refractivity contribution is 5.55. The second-order valence-corrected chi connectivity index (χ2v) is 4.76. The maximum atomic E-state index is 12.7. The van der Waals surface area contributed by atoms with Crippen LogP contribution < -0.4 is 0 Å². The summed E-state index contributed by atoms with van der Waals surface area (Å²) in [6, 6.07) is 6.79. The van der Waals surface area contributed by atoms with Gasteiger partial charge in [0.25, 0.3) is 0 Å². The number of nitrogens with zero attached hydrogens (tertiary/aromatic N) is 3. The van der Waals surface area contributed by atoms with E-state index < -0.39 is 11.7 Å². The summed E-state index contributed by atoms with van der Waals surface area (Å²) < 4.78 is 43.0. The summed E-state index contributed by atoms with van der Waals surface area (Å²) in [5.74, 6) is 0.468. The highest BCUT2D eigenvalue weighted by atomic mass is 19.4. The minimum Gasteiger partial charge on any atom is -0.339 e. The van der Waals surface area contributed by atoms with Crippen LogP contribution in [-0.4, -0.2) is 10.1 Å². The van der Waals surface area contributed by atoms with E-state index in [2.05, 4.69) is 10.1 Å². The fourth-order valence-electron chi connectivity index (χ4n) is 1.82. The van der Waals surface area contributed by atoms with Crippen LogP contribution in [0.25, 0.3) is 11.4 Å². The Morgan fingerprint density at radius 3 is 2.81 bits per heavy atom. The van der Waals surface area contributed by atoms with E-state index in [1.807, 2.05) is 13.0 Å². The standard InChI is InChI=1S/C14H12F3N3O/c1-9(5-6-18)7-12-19-13(20-21-12)10-3-2-4-11(8-10)14(15,16)17/h2-4,8-9H,5,7H2,1H3. The van der Waals surface area contributed by atoms with Crippen molar-refractivity contribution >= 4 is 0 Å². The van der Waals surface area contributed by atoms with Crippen molar-refractivity contribution in [2.45, 2.75) is 25.9 Å². The number of halogens is 3. The quantitative estimate of drug-likeness (QED) is 0.859. The van der Waals surface area contributed by atoms with Gasteiger partial charge in [-0.15, -0.1) is 0 Å². The molecule has 0 radical (unpaired) electrons. The van der Waals surface area contributed by atoms with E-state index in [0.29, 0.717) is 18.7 Å². The number of aromatic nitrogens is 2. The Morgan fingerprint density at radius 2 is 2.14 bits per heavy atom. The molecular formula is C14H12F3N3O. The van der Waals surface area contributed by atoms with Gasteiger partial charge in [0.2, 0.25) is 11.7 Å². The van der Waals surface area contributed by atoms with Gasteiger partial charge in [0.1, 0.15) is 0 Å². The fourth-order valence-corrected chi connectivity index (χ4v) is 1.82. The van der Waals surface area contributed by atoms with Gasteiger partial charge in [-0.05, 0) is 18.1 Å². The fraction of sp³-hybridized carbons (Fsp3) is 0.357. The lowest BCUT2D eigenvalue weighted by molar-refractivity contribution is -0.137. The summed E-state index contributed by atoms with van der Waals surface area (Å²) >= 11 is 0. The molecule has 1 heterocycles. The van der Waals surface area contributed by atoms with Crippen molar-refractivity contribution in [2.24, 2.45) is 5.92 Å². The van der Waals surface area contributed by atoms with E-state index in [1.165, 1.54) is 12.1 Å². The van der Waals surface area contributed by atoms with Crippen LogP contribution in [0.15, 0.2) is 28.8 Å². The van der Waals surface area contributed by atoms with Crippen LogP contribution in [0.2, 0.25) is 0 Å². The lowest BCUT2D eigenvalue weighted by Crippen LogP contribution is -2.04. The molecule has 1 aromatic heterocycles. The van der Waals surface area contributed by atoms with Crippen molar-refractivity contribution in [1.29, 1.82) is 5.26 Å². The highest BCUT2D eigenvalue weighted by Crippen LogP contribution is 2.31. The molecule has 0 fully saturated rings. The normalized spacial score (nSPS) is 12.9. The molecule has 0 amide bonds. The Bertz CT molecular complexity index is 658. The van der Waals surface area contributed by atoms with Gasteiger partial charge in [0.15, 0.2) is 0 Å². The SMILES string of the molecule is CC(CC#N)Cc1nc(-c2cccc(C(F)(F)F)c2)no1. The first-order valence-corrected chi connectivity index (χ1v) is 6.27. The van der Waals surface area contributed by atoms with Gasteiger partial charge in [0.05, 0.1) is 11.6 Å². The molecule has 2 aromatic rings. The van der Waals surface area contributed by atoms with Crippen molar-refractivity contribution in [1.82, 2.24) is 10.1 Å². The largest absolute Gasteiger partial charge is 0.416 e. The summed E-state index contributed by atoms with van der Waals surface area (Å²) in [5, 5.41) is 12.3.